The van der Waals surface area contributed by atoms with Crippen molar-refractivity contribution in [2.75, 3.05) is 5.32 Å². The molecule has 1 N–H and O–H groups in total. The Labute approximate surface area is 126 Å². The van der Waals surface area contributed by atoms with Gasteiger partial charge in [-0.15, -0.1) is 0 Å². The number of aromatic nitrogens is 1. The molecule has 0 saturated carbocycles. The maximum absolute atomic E-state index is 12.7. The van der Waals surface area contributed by atoms with Gasteiger partial charge < -0.3 is 5.32 Å². The first-order valence-corrected chi connectivity index (χ1v) is 6.62. The van der Waals surface area contributed by atoms with E-state index in [2.05, 4.69) is 10.3 Å². The SMILES string of the molecule is O=C(CCC(=O)c1ccc(Cl)cc1)Nc1ccc(F)cn1. The molecule has 0 aliphatic rings. The van der Waals surface area contributed by atoms with E-state index in [0.717, 1.165) is 6.20 Å². The highest BCUT2D eigenvalue weighted by Gasteiger charge is 2.10. The number of pyridine rings is 1. The van der Waals surface area contributed by atoms with Gasteiger partial charge in [0.1, 0.15) is 11.6 Å². The highest BCUT2D eigenvalue weighted by Crippen LogP contribution is 2.12. The van der Waals surface area contributed by atoms with Crippen LogP contribution >= 0.6 is 11.6 Å². The van der Waals surface area contributed by atoms with Crippen LogP contribution in [-0.4, -0.2) is 16.7 Å². The summed E-state index contributed by atoms with van der Waals surface area (Å²) in [4.78, 5) is 27.2. The van der Waals surface area contributed by atoms with Crippen LogP contribution in [0, 0.1) is 5.82 Å². The molecule has 21 heavy (non-hydrogen) atoms. The third-order valence-electron chi connectivity index (χ3n) is 2.74. The number of ketones is 1. The molecule has 0 unspecified atom stereocenters. The smallest absolute Gasteiger partial charge is 0.225 e. The lowest BCUT2D eigenvalue weighted by atomic mass is 10.1. The summed E-state index contributed by atoms with van der Waals surface area (Å²) in [6.45, 7) is 0. The van der Waals surface area contributed by atoms with Gasteiger partial charge in [-0.25, -0.2) is 9.37 Å². The minimum absolute atomic E-state index is 0.0283. The minimum Gasteiger partial charge on any atom is -0.311 e. The quantitative estimate of drug-likeness (QED) is 0.860. The van der Waals surface area contributed by atoms with Gasteiger partial charge in [0, 0.05) is 23.4 Å². The lowest BCUT2D eigenvalue weighted by molar-refractivity contribution is -0.116. The molecule has 1 amide bonds. The van der Waals surface area contributed by atoms with Gasteiger partial charge >= 0.3 is 0 Å². The van der Waals surface area contributed by atoms with E-state index >= 15 is 0 Å². The molecule has 6 heteroatoms. The second-order valence-electron chi connectivity index (χ2n) is 4.34. The summed E-state index contributed by atoms with van der Waals surface area (Å²) in [5, 5.41) is 3.04. The van der Waals surface area contributed by atoms with Crippen molar-refractivity contribution in [3.05, 3.63) is 59.0 Å². The topological polar surface area (TPSA) is 59.1 Å². The zero-order chi connectivity index (χ0) is 15.2. The number of nitrogens with zero attached hydrogens (tertiary/aromatic N) is 1. The van der Waals surface area contributed by atoms with Crippen molar-refractivity contribution in [2.45, 2.75) is 12.8 Å². The number of carbonyl (C=O) groups excluding carboxylic acids is 2. The summed E-state index contributed by atoms with van der Waals surface area (Å²) >= 11 is 5.74. The number of rotatable bonds is 5. The molecule has 0 saturated heterocycles. The summed E-state index contributed by atoms with van der Waals surface area (Å²) < 4.78 is 12.7. The van der Waals surface area contributed by atoms with Gasteiger partial charge in [-0.1, -0.05) is 11.6 Å². The Balaban J connectivity index is 1.84. The van der Waals surface area contributed by atoms with Gasteiger partial charge in [-0.2, -0.15) is 0 Å². The average Bonchev–Trinajstić information content (AvgIpc) is 2.48. The summed E-state index contributed by atoms with van der Waals surface area (Å²) in [7, 11) is 0. The standard InChI is InChI=1S/C15H12ClFN2O2/c16-11-3-1-10(2-4-11)13(20)6-8-15(21)19-14-7-5-12(17)9-18-14/h1-5,7,9H,6,8H2,(H,18,19,21). The van der Waals surface area contributed by atoms with E-state index in [4.69, 9.17) is 11.6 Å². The molecule has 0 bridgehead atoms. The molecular weight excluding hydrogens is 295 g/mol. The molecule has 4 nitrogen and oxygen atoms in total. The van der Waals surface area contributed by atoms with Crippen LogP contribution in [-0.2, 0) is 4.79 Å². The van der Waals surface area contributed by atoms with Crippen molar-refractivity contribution in [3.63, 3.8) is 0 Å². The molecule has 0 aliphatic heterocycles. The van der Waals surface area contributed by atoms with Crippen LogP contribution in [0.1, 0.15) is 23.2 Å². The fraction of sp³-hybridized carbons (Fsp3) is 0.133. The molecule has 1 aromatic heterocycles. The Hall–Kier alpha value is -2.27. The molecule has 2 rings (SSSR count). The summed E-state index contributed by atoms with van der Waals surface area (Å²) in [5.41, 5.74) is 0.507. The Kier molecular flexibility index (Phi) is 5.00. The lowest BCUT2D eigenvalue weighted by Crippen LogP contribution is -2.14. The Morgan fingerprint density at radius 3 is 2.43 bits per heavy atom. The van der Waals surface area contributed by atoms with E-state index in [9.17, 15) is 14.0 Å². The second kappa shape index (κ2) is 6.95. The summed E-state index contributed by atoms with van der Waals surface area (Å²) in [6.07, 6.45) is 1.11. The van der Waals surface area contributed by atoms with E-state index in [1.807, 2.05) is 0 Å². The fourth-order valence-corrected chi connectivity index (χ4v) is 1.79. The van der Waals surface area contributed by atoms with Gasteiger partial charge in [-0.3, -0.25) is 9.59 Å². The molecule has 1 aromatic carbocycles. The predicted octanol–water partition coefficient (Wildman–Crippen LogP) is 3.48. The van der Waals surface area contributed by atoms with Gasteiger partial charge in [0.2, 0.25) is 5.91 Å². The van der Waals surface area contributed by atoms with Crippen molar-refractivity contribution in [1.29, 1.82) is 0 Å². The Morgan fingerprint density at radius 1 is 1.10 bits per heavy atom. The number of benzene rings is 1. The highest BCUT2D eigenvalue weighted by molar-refractivity contribution is 6.30. The zero-order valence-electron chi connectivity index (χ0n) is 11.0. The molecule has 2 aromatic rings. The van der Waals surface area contributed by atoms with Gasteiger partial charge in [0.25, 0.3) is 0 Å². The first kappa shape index (κ1) is 15.1. The van der Waals surface area contributed by atoms with Crippen LogP contribution in [0.4, 0.5) is 10.2 Å². The molecule has 0 aliphatic carbocycles. The third-order valence-corrected chi connectivity index (χ3v) is 2.99. The Bertz CT molecular complexity index is 642. The molecule has 1 heterocycles. The second-order valence-corrected chi connectivity index (χ2v) is 4.78. The highest BCUT2D eigenvalue weighted by atomic mass is 35.5. The van der Waals surface area contributed by atoms with Crippen molar-refractivity contribution >= 4 is 29.1 Å². The van der Waals surface area contributed by atoms with Crippen LogP contribution < -0.4 is 5.32 Å². The largest absolute Gasteiger partial charge is 0.311 e. The molecule has 0 fully saturated rings. The van der Waals surface area contributed by atoms with Crippen LogP contribution in [0.2, 0.25) is 5.02 Å². The monoisotopic (exact) mass is 306 g/mol. The maximum atomic E-state index is 12.7. The minimum atomic E-state index is -0.481. The normalized spacial score (nSPS) is 10.2. The fourth-order valence-electron chi connectivity index (χ4n) is 1.66. The van der Waals surface area contributed by atoms with Crippen molar-refractivity contribution in [3.8, 4) is 0 Å². The van der Waals surface area contributed by atoms with E-state index in [-0.39, 0.29) is 30.3 Å². The molecular formula is C15H12ClFN2O2. The van der Waals surface area contributed by atoms with E-state index in [1.165, 1.54) is 12.1 Å². The average molecular weight is 307 g/mol. The molecule has 0 radical (unpaired) electrons. The number of anilines is 1. The zero-order valence-corrected chi connectivity index (χ0v) is 11.7. The van der Waals surface area contributed by atoms with Crippen molar-refractivity contribution < 1.29 is 14.0 Å². The number of amides is 1. The van der Waals surface area contributed by atoms with E-state index in [1.54, 1.807) is 24.3 Å². The summed E-state index contributed by atoms with van der Waals surface area (Å²) in [5.74, 6) is -0.725. The van der Waals surface area contributed by atoms with Gasteiger partial charge in [0.15, 0.2) is 5.78 Å². The first-order valence-electron chi connectivity index (χ1n) is 6.25. The van der Waals surface area contributed by atoms with E-state index < -0.39 is 5.82 Å². The van der Waals surface area contributed by atoms with Crippen LogP contribution in [0.5, 0.6) is 0 Å². The molecule has 0 atom stereocenters. The number of Topliss-reactive ketones (excluding diaryl/α,β-unsaturated/α-hetero) is 1. The number of hydrogen-bond donors (Lipinski definition) is 1. The maximum Gasteiger partial charge on any atom is 0.225 e. The van der Waals surface area contributed by atoms with Crippen LogP contribution in [0.3, 0.4) is 0 Å². The van der Waals surface area contributed by atoms with Crippen molar-refractivity contribution in [2.24, 2.45) is 0 Å². The number of carbonyl (C=O) groups is 2. The summed E-state index contributed by atoms with van der Waals surface area (Å²) in [6, 6.07) is 9.03. The van der Waals surface area contributed by atoms with Crippen LogP contribution in [0.15, 0.2) is 42.6 Å². The predicted molar refractivity (Wildman–Crippen MR) is 77.8 cm³/mol. The number of nitrogens with one attached hydrogen (secondary N) is 1. The Morgan fingerprint density at radius 2 is 1.81 bits per heavy atom. The molecule has 0 spiro atoms. The molecule has 108 valence electrons. The first-order chi connectivity index (χ1) is 10.0. The third kappa shape index (κ3) is 4.65. The number of halogens is 2. The number of hydrogen-bond acceptors (Lipinski definition) is 3. The van der Waals surface area contributed by atoms with Gasteiger partial charge in [-0.05, 0) is 36.4 Å². The van der Waals surface area contributed by atoms with Crippen molar-refractivity contribution in [1.82, 2.24) is 4.98 Å². The van der Waals surface area contributed by atoms with Gasteiger partial charge in [0.05, 0.1) is 6.20 Å². The van der Waals surface area contributed by atoms with E-state index in [0.29, 0.717) is 10.6 Å². The van der Waals surface area contributed by atoms with Crippen LogP contribution in [0.25, 0.3) is 0 Å². The lowest BCUT2D eigenvalue weighted by Gasteiger charge is -2.04.